The number of carbonyl (C=O) groups is 2. The van der Waals surface area contributed by atoms with Crippen molar-refractivity contribution in [2.75, 3.05) is 19.6 Å². The van der Waals surface area contributed by atoms with Gasteiger partial charge in [0.05, 0.1) is 4.90 Å². The number of sulfonamides is 2. The summed E-state index contributed by atoms with van der Waals surface area (Å²) < 4.78 is 53.0. The quantitative estimate of drug-likeness (QED) is 0.468. The number of amides is 2. The van der Waals surface area contributed by atoms with Crippen LogP contribution in [-0.4, -0.2) is 52.6 Å². The van der Waals surface area contributed by atoms with Gasteiger partial charge in [-0.25, -0.2) is 21.6 Å². The number of thiophene rings is 1. The third-order valence-electron chi connectivity index (χ3n) is 4.52. The van der Waals surface area contributed by atoms with Crippen molar-refractivity contribution < 1.29 is 26.4 Å². The number of benzene rings is 1. The minimum absolute atomic E-state index is 0.0105. The van der Waals surface area contributed by atoms with Gasteiger partial charge in [0.1, 0.15) is 4.21 Å². The monoisotopic (exact) mass is 486 g/mol. The van der Waals surface area contributed by atoms with E-state index in [-0.39, 0.29) is 27.6 Å². The number of hydrogen-bond donors (Lipinski definition) is 3. The van der Waals surface area contributed by atoms with Crippen LogP contribution in [0.1, 0.15) is 29.6 Å². The summed E-state index contributed by atoms with van der Waals surface area (Å²) in [6.45, 7) is 0.752. The van der Waals surface area contributed by atoms with Gasteiger partial charge < -0.3 is 0 Å². The predicted molar refractivity (Wildman–Crippen MR) is 114 cm³/mol. The lowest BCUT2D eigenvalue weighted by Crippen LogP contribution is -2.42. The fourth-order valence-electron chi connectivity index (χ4n) is 2.92. The molecule has 2 amide bonds. The summed E-state index contributed by atoms with van der Waals surface area (Å²) in [5.74, 6) is -1.30. The van der Waals surface area contributed by atoms with Crippen LogP contribution in [-0.2, 0) is 24.8 Å². The highest BCUT2D eigenvalue weighted by Crippen LogP contribution is 2.21. The normalized spacial score (nSPS) is 15.0. The average molecular weight is 487 g/mol. The van der Waals surface area contributed by atoms with E-state index < -0.39 is 31.9 Å². The van der Waals surface area contributed by atoms with Crippen LogP contribution in [0, 0.1) is 0 Å². The first kappa shape index (κ1) is 23.3. The van der Waals surface area contributed by atoms with E-state index in [9.17, 15) is 26.4 Å². The fourth-order valence-corrected chi connectivity index (χ4v) is 6.56. The Hall–Kier alpha value is -2.32. The molecule has 1 saturated heterocycles. The molecule has 1 aromatic heterocycles. The van der Waals surface area contributed by atoms with Gasteiger partial charge in [0.25, 0.3) is 5.91 Å². The van der Waals surface area contributed by atoms with E-state index in [2.05, 4.69) is 15.6 Å². The van der Waals surface area contributed by atoms with Crippen LogP contribution in [0.5, 0.6) is 0 Å². The summed E-state index contributed by atoms with van der Waals surface area (Å²) in [5.41, 5.74) is 4.45. The Kier molecular flexibility index (Phi) is 7.43. The Balaban J connectivity index is 1.51. The van der Waals surface area contributed by atoms with E-state index in [0.717, 1.165) is 24.2 Å². The summed E-state index contributed by atoms with van der Waals surface area (Å²) >= 11 is 1.06. The first-order valence-electron chi connectivity index (χ1n) is 9.43. The van der Waals surface area contributed by atoms with E-state index in [0.29, 0.717) is 13.1 Å². The molecule has 1 fully saturated rings. The standard InChI is InChI=1S/C18H22N4O6S3/c23-16(8-9-19-30(25,26)17-7-4-12-29-17)20-21-18(24)14-5-3-6-15(13-14)31(27,28)22-10-1-2-11-22/h3-7,12-13,19H,1-2,8-11H2,(H,20,23)(H,21,24). The second kappa shape index (κ2) is 9.87. The van der Waals surface area contributed by atoms with Crippen molar-refractivity contribution in [2.24, 2.45) is 0 Å². The van der Waals surface area contributed by atoms with Gasteiger partial charge in [0.2, 0.25) is 26.0 Å². The lowest BCUT2D eigenvalue weighted by molar-refractivity contribution is -0.121. The summed E-state index contributed by atoms with van der Waals surface area (Å²) in [4.78, 5) is 24.2. The van der Waals surface area contributed by atoms with Gasteiger partial charge in [-0.1, -0.05) is 12.1 Å². The zero-order valence-corrected chi connectivity index (χ0v) is 18.9. The second-order valence-electron chi connectivity index (χ2n) is 6.72. The fraction of sp³-hybridized carbons (Fsp3) is 0.333. The topological polar surface area (TPSA) is 142 Å². The summed E-state index contributed by atoms with van der Waals surface area (Å²) in [6.07, 6.45) is 1.40. The molecule has 10 nitrogen and oxygen atoms in total. The molecule has 0 radical (unpaired) electrons. The van der Waals surface area contributed by atoms with Gasteiger partial charge in [-0.2, -0.15) is 4.31 Å². The van der Waals surface area contributed by atoms with Crippen LogP contribution in [0.2, 0.25) is 0 Å². The molecule has 1 aliphatic rings. The predicted octanol–water partition coefficient (Wildman–Crippen LogP) is 0.662. The third kappa shape index (κ3) is 5.89. The maximum absolute atomic E-state index is 12.6. The highest BCUT2D eigenvalue weighted by Gasteiger charge is 2.27. The molecule has 2 heterocycles. The van der Waals surface area contributed by atoms with Crippen LogP contribution in [0.4, 0.5) is 0 Å². The number of carbonyl (C=O) groups excluding carboxylic acids is 2. The molecular formula is C18H22N4O6S3. The zero-order valence-electron chi connectivity index (χ0n) is 16.4. The van der Waals surface area contributed by atoms with Crippen molar-refractivity contribution in [2.45, 2.75) is 28.4 Å². The first-order valence-corrected chi connectivity index (χ1v) is 13.2. The molecule has 1 aromatic carbocycles. The van der Waals surface area contributed by atoms with E-state index in [1.807, 2.05) is 0 Å². The van der Waals surface area contributed by atoms with Crippen LogP contribution < -0.4 is 15.6 Å². The SMILES string of the molecule is O=C(CCNS(=O)(=O)c1cccs1)NNC(=O)c1cccc(S(=O)(=O)N2CCCC2)c1. The molecule has 3 rings (SSSR count). The van der Waals surface area contributed by atoms with Crippen molar-refractivity contribution in [3.63, 3.8) is 0 Å². The van der Waals surface area contributed by atoms with Crippen molar-refractivity contribution >= 4 is 43.2 Å². The molecule has 0 atom stereocenters. The largest absolute Gasteiger partial charge is 0.273 e. The van der Waals surface area contributed by atoms with Crippen LogP contribution in [0.3, 0.4) is 0 Å². The highest BCUT2D eigenvalue weighted by atomic mass is 32.2. The summed E-state index contributed by atoms with van der Waals surface area (Å²) in [6, 6.07) is 8.61. The lowest BCUT2D eigenvalue weighted by atomic mass is 10.2. The molecule has 0 saturated carbocycles. The number of hydrazine groups is 1. The first-order chi connectivity index (χ1) is 14.7. The summed E-state index contributed by atoms with van der Waals surface area (Å²) in [7, 11) is -7.34. The zero-order chi connectivity index (χ0) is 22.5. The highest BCUT2D eigenvalue weighted by molar-refractivity contribution is 7.91. The molecule has 1 aliphatic heterocycles. The van der Waals surface area contributed by atoms with Crippen molar-refractivity contribution in [3.05, 3.63) is 47.3 Å². The number of hydrogen-bond acceptors (Lipinski definition) is 7. The molecular weight excluding hydrogens is 464 g/mol. The van der Waals surface area contributed by atoms with E-state index in [4.69, 9.17) is 0 Å². The van der Waals surface area contributed by atoms with Crippen molar-refractivity contribution in [3.8, 4) is 0 Å². The Morgan fingerprint density at radius 2 is 1.74 bits per heavy atom. The maximum atomic E-state index is 12.6. The average Bonchev–Trinajstić information content (AvgIpc) is 3.46. The van der Waals surface area contributed by atoms with Crippen molar-refractivity contribution in [1.29, 1.82) is 0 Å². The molecule has 13 heteroatoms. The van der Waals surface area contributed by atoms with Gasteiger partial charge in [-0.3, -0.25) is 20.4 Å². The molecule has 0 spiro atoms. The number of nitrogens with one attached hydrogen (secondary N) is 3. The van der Waals surface area contributed by atoms with Crippen molar-refractivity contribution in [1.82, 2.24) is 19.9 Å². The molecule has 0 aliphatic carbocycles. The number of rotatable bonds is 8. The molecule has 0 unspecified atom stereocenters. The minimum atomic E-state index is -3.67. The molecule has 31 heavy (non-hydrogen) atoms. The van der Waals surface area contributed by atoms with E-state index >= 15 is 0 Å². The minimum Gasteiger partial charge on any atom is -0.273 e. The Morgan fingerprint density at radius 1 is 1.00 bits per heavy atom. The molecule has 0 bridgehead atoms. The van der Waals surface area contributed by atoms with Gasteiger partial charge in [-0.05, 0) is 42.5 Å². The van der Waals surface area contributed by atoms with Crippen LogP contribution in [0.15, 0.2) is 50.9 Å². The molecule has 3 N–H and O–H groups in total. The Labute approximate surface area is 184 Å². The smallest absolute Gasteiger partial charge is 0.269 e. The van der Waals surface area contributed by atoms with E-state index in [1.54, 1.807) is 11.4 Å². The Bertz CT molecular complexity index is 1140. The van der Waals surface area contributed by atoms with Gasteiger partial charge in [0.15, 0.2) is 0 Å². The lowest BCUT2D eigenvalue weighted by Gasteiger charge is -2.16. The molecule has 168 valence electrons. The summed E-state index contributed by atoms with van der Waals surface area (Å²) in [5, 5.41) is 1.63. The van der Waals surface area contributed by atoms with Gasteiger partial charge >= 0.3 is 0 Å². The van der Waals surface area contributed by atoms with Crippen LogP contribution >= 0.6 is 11.3 Å². The van der Waals surface area contributed by atoms with Gasteiger partial charge in [-0.15, -0.1) is 11.3 Å². The Morgan fingerprint density at radius 3 is 2.42 bits per heavy atom. The van der Waals surface area contributed by atoms with Gasteiger partial charge in [0, 0.05) is 31.6 Å². The maximum Gasteiger partial charge on any atom is 0.269 e. The molecule has 2 aromatic rings. The van der Waals surface area contributed by atoms with Crippen LogP contribution in [0.25, 0.3) is 0 Å². The third-order valence-corrected chi connectivity index (χ3v) is 9.27. The van der Waals surface area contributed by atoms with E-state index in [1.165, 1.54) is 34.6 Å². The number of nitrogens with zero attached hydrogens (tertiary/aromatic N) is 1. The second-order valence-corrected chi connectivity index (χ2v) is 11.6.